The van der Waals surface area contributed by atoms with Gasteiger partial charge in [0.25, 0.3) is 0 Å². The molecule has 5 unspecified atom stereocenters. The van der Waals surface area contributed by atoms with E-state index >= 15 is 0 Å². The molecule has 0 bridgehead atoms. The molecule has 0 aromatic carbocycles. The van der Waals surface area contributed by atoms with Crippen molar-refractivity contribution in [3.05, 3.63) is 0 Å². The van der Waals surface area contributed by atoms with E-state index in [1.807, 2.05) is 0 Å². The Labute approximate surface area is 108 Å². The molecule has 0 amide bonds. The molecule has 0 radical (unpaired) electrons. The molecule has 0 spiro atoms. The molecule has 0 heterocycles. The van der Waals surface area contributed by atoms with E-state index in [2.05, 4.69) is 52.0 Å². The van der Waals surface area contributed by atoms with E-state index in [0.717, 1.165) is 17.8 Å². The zero-order valence-electron chi connectivity index (χ0n) is 12.7. The van der Waals surface area contributed by atoms with Crippen LogP contribution in [-0.2, 0) is 0 Å². The van der Waals surface area contributed by atoms with Crippen LogP contribution in [0.3, 0.4) is 0 Å². The topological polar surface area (TPSA) is 15.3 Å². The Morgan fingerprint density at radius 2 is 1.94 bits per heavy atom. The first-order chi connectivity index (χ1) is 7.99. The van der Waals surface area contributed by atoms with Crippen molar-refractivity contribution in [2.45, 2.75) is 59.0 Å². The number of likely N-dealkylation sites (N-methyl/N-ethyl adjacent to an activating group) is 2. The summed E-state index contributed by atoms with van der Waals surface area (Å²) in [7, 11) is 4.44. The van der Waals surface area contributed by atoms with E-state index in [1.165, 1.54) is 25.8 Å². The van der Waals surface area contributed by atoms with Crippen molar-refractivity contribution in [1.82, 2.24) is 10.2 Å². The van der Waals surface area contributed by atoms with Crippen LogP contribution >= 0.6 is 0 Å². The highest BCUT2D eigenvalue weighted by atomic mass is 15.2. The molecule has 1 N–H and O–H groups in total. The maximum atomic E-state index is 3.55. The number of nitrogens with one attached hydrogen (secondary N) is 1. The summed E-state index contributed by atoms with van der Waals surface area (Å²) < 4.78 is 0. The third-order valence-corrected chi connectivity index (χ3v) is 4.60. The smallest absolute Gasteiger partial charge is 0.0272 e. The third-order valence-electron chi connectivity index (χ3n) is 4.60. The van der Waals surface area contributed by atoms with Crippen molar-refractivity contribution >= 4 is 0 Å². The second kappa shape index (κ2) is 6.75. The first-order valence-electron chi connectivity index (χ1n) is 7.37. The summed E-state index contributed by atoms with van der Waals surface area (Å²) in [5, 5.41) is 3.55. The molecule has 1 rings (SSSR count). The average Bonchev–Trinajstić information content (AvgIpc) is 2.27. The van der Waals surface area contributed by atoms with Crippen LogP contribution < -0.4 is 5.32 Å². The first kappa shape index (κ1) is 15.0. The van der Waals surface area contributed by atoms with Crippen molar-refractivity contribution in [3.8, 4) is 0 Å². The molecule has 1 aliphatic rings. The minimum atomic E-state index is 0.669. The molecule has 0 saturated heterocycles. The highest BCUT2D eigenvalue weighted by Crippen LogP contribution is 2.32. The van der Waals surface area contributed by atoms with Gasteiger partial charge in [0.2, 0.25) is 0 Å². The number of hydrogen-bond donors (Lipinski definition) is 1. The Morgan fingerprint density at radius 1 is 1.29 bits per heavy atom. The van der Waals surface area contributed by atoms with Crippen molar-refractivity contribution in [2.24, 2.45) is 17.8 Å². The molecule has 2 heteroatoms. The van der Waals surface area contributed by atoms with Gasteiger partial charge in [-0.3, -0.25) is 0 Å². The lowest BCUT2D eigenvalue weighted by molar-refractivity contribution is 0.0735. The zero-order chi connectivity index (χ0) is 13.0. The molecule has 2 nitrogen and oxygen atoms in total. The third kappa shape index (κ3) is 3.96. The lowest BCUT2D eigenvalue weighted by Gasteiger charge is -2.45. The molecule has 1 fully saturated rings. The van der Waals surface area contributed by atoms with Crippen LogP contribution in [0.4, 0.5) is 0 Å². The fourth-order valence-electron chi connectivity index (χ4n) is 3.61. The highest BCUT2D eigenvalue weighted by Gasteiger charge is 2.35. The van der Waals surface area contributed by atoms with Crippen LogP contribution in [0.2, 0.25) is 0 Å². The van der Waals surface area contributed by atoms with Crippen LogP contribution in [0.25, 0.3) is 0 Å². The maximum absolute atomic E-state index is 3.55. The minimum absolute atomic E-state index is 0.669. The standard InChI is InChI=1S/C15H32N2/c1-7-11(2)10-17(6)15-13(4)8-12(3)9-14(15)16-5/h11-16H,7-10H2,1-6H3. The van der Waals surface area contributed by atoms with Crippen molar-refractivity contribution in [3.63, 3.8) is 0 Å². The number of hydrogen-bond acceptors (Lipinski definition) is 2. The van der Waals surface area contributed by atoms with Gasteiger partial charge in [0, 0.05) is 18.6 Å². The molecule has 17 heavy (non-hydrogen) atoms. The van der Waals surface area contributed by atoms with Gasteiger partial charge in [-0.1, -0.05) is 34.1 Å². The Bertz CT molecular complexity index is 217. The summed E-state index contributed by atoms with van der Waals surface area (Å²) in [5.74, 6) is 2.49. The second-order valence-corrected chi connectivity index (χ2v) is 6.39. The highest BCUT2D eigenvalue weighted by molar-refractivity contribution is 4.92. The number of nitrogens with zero attached hydrogens (tertiary/aromatic N) is 1. The van der Waals surface area contributed by atoms with E-state index in [0.29, 0.717) is 12.1 Å². The maximum Gasteiger partial charge on any atom is 0.0272 e. The molecular weight excluding hydrogens is 208 g/mol. The summed E-state index contributed by atoms with van der Waals surface area (Å²) in [6, 6.07) is 1.38. The zero-order valence-corrected chi connectivity index (χ0v) is 12.7. The van der Waals surface area contributed by atoms with Crippen LogP contribution in [0, 0.1) is 17.8 Å². The van der Waals surface area contributed by atoms with E-state index in [-0.39, 0.29) is 0 Å². The van der Waals surface area contributed by atoms with E-state index in [9.17, 15) is 0 Å². The van der Waals surface area contributed by atoms with Crippen molar-refractivity contribution < 1.29 is 0 Å². The Balaban J connectivity index is 2.64. The summed E-state index contributed by atoms with van der Waals surface area (Å²) in [6.07, 6.45) is 4.00. The van der Waals surface area contributed by atoms with E-state index in [4.69, 9.17) is 0 Å². The molecule has 5 atom stereocenters. The average molecular weight is 240 g/mol. The monoisotopic (exact) mass is 240 g/mol. The Hall–Kier alpha value is -0.0800. The fourth-order valence-corrected chi connectivity index (χ4v) is 3.61. The normalized spacial score (nSPS) is 36.2. The Kier molecular flexibility index (Phi) is 5.94. The lowest BCUT2D eigenvalue weighted by Crippen LogP contribution is -2.55. The van der Waals surface area contributed by atoms with Crippen LogP contribution in [0.1, 0.15) is 47.0 Å². The lowest BCUT2D eigenvalue weighted by atomic mass is 9.76. The van der Waals surface area contributed by atoms with Crippen LogP contribution in [0.15, 0.2) is 0 Å². The molecule has 1 aliphatic carbocycles. The predicted octanol–water partition coefficient (Wildman–Crippen LogP) is 2.99. The fraction of sp³-hybridized carbons (Fsp3) is 1.00. The van der Waals surface area contributed by atoms with Gasteiger partial charge in [-0.2, -0.15) is 0 Å². The summed E-state index contributed by atoms with van der Waals surface area (Å²) >= 11 is 0. The van der Waals surface area contributed by atoms with Gasteiger partial charge in [0.15, 0.2) is 0 Å². The SMILES string of the molecule is CCC(C)CN(C)C1C(C)CC(C)CC1NC. The van der Waals surface area contributed by atoms with Gasteiger partial charge >= 0.3 is 0 Å². The molecular formula is C15H32N2. The predicted molar refractivity (Wildman–Crippen MR) is 76.3 cm³/mol. The van der Waals surface area contributed by atoms with Gasteiger partial charge in [0.05, 0.1) is 0 Å². The quantitative estimate of drug-likeness (QED) is 0.795. The largest absolute Gasteiger partial charge is 0.315 e. The van der Waals surface area contributed by atoms with Crippen molar-refractivity contribution in [1.29, 1.82) is 0 Å². The van der Waals surface area contributed by atoms with Gasteiger partial charge in [-0.15, -0.1) is 0 Å². The van der Waals surface area contributed by atoms with Gasteiger partial charge in [-0.05, 0) is 44.7 Å². The molecule has 0 aromatic heterocycles. The molecule has 0 aromatic rings. The van der Waals surface area contributed by atoms with E-state index in [1.54, 1.807) is 0 Å². The molecule has 102 valence electrons. The van der Waals surface area contributed by atoms with Crippen molar-refractivity contribution in [2.75, 3.05) is 20.6 Å². The summed E-state index contributed by atoms with van der Waals surface area (Å²) in [5.41, 5.74) is 0. The molecule has 1 saturated carbocycles. The minimum Gasteiger partial charge on any atom is -0.315 e. The van der Waals surface area contributed by atoms with Gasteiger partial charge in [0.1, 0.15) is 0 Å². The number of rotatable bonds is 5. The van der Waals surface area contributed by atoms with Crippen LogP contribution in [0.5, 0.6) is 0 Å². The summed E-state index contributed by atoms with van der Waals surface area (Å²) in [6.45, 7) is 10.7. The summed E-state index contributed by atoms with van der Waals surface area (Å²) in [4.78, 5) is 2.60. The van der Waals surface area contributed by atoms with Gasteiger partial charge in [-0.25, -0.2) is 0 Å². The van der Waals surface area contributed by atoms with E-state index < -0.39 is 0 Å². The Morgan fingerprint density at radius 3 is 2.47 bits per heavy atom. The second-order valence-electron chi connectivity index (χ2n) is 6.39. The van der Waals surface area contributed by atoms with Gasteiger partial charge < -0.3 is 10.2 Å². The first-order valence-corrected chi connectivity index (χ1v) is 7.37. The van der Waals surface area contributed by atoms with Crippen LogP contribution in [-0.4, -0.2) is 37.6 Å². The molecule has 0 aliphatic heterocycles.